The maximum absolute atomic E-state index is 4.19. The molecule has 0 saturated carbocycles. The number of benzene rings is 1. The van der Waals surface area contributed by atoms with Crippen molar-refractivity contribution in [2.45, 2.75) is 25.8 Å². The second-order valence-corrected chi connectivity index (χ2v) is 5.96. The molecule has 0 spiro atoms. The second kappa shape index (κ2) is 5.82. The Morgan fingerprint density at radius 1 is 1.29 bits per heavy atom. The molecule has 3 rings (SSSR count). The molecule has 2 aromatic rings. The third kappa shape index (κ3) is 2.76. The van der Waals surface area contributed by atoms with Crippen molar-refractivity contribution in [2.75, 3.05) is 20.6 Å². The molecule has 1 atom stereocenters. The van der Waals surface area contributed by atoms with Gasteiger partial charge >= 0.3 is 0 Å². The van der Waals surface area contributed by atoms with E-state index in [2.05, 4.69) is 60.5 Å². The summed E-state index contributed by atoms with van der Waals surface area (Å²) in [4.78, 5) is 2.24. The van der Waals surface area contributed by atoms with Crippen LogP contribution < -0.4 is 0 Å². The smallest absolute Gasteiger partial charge is 0.0763 e. The van der Waals surface area contributed by atoms with Crippen molar-refractivity contribution in [3.05, 3.63) is 53.4 Å². The first-order valence-corrected chi connectivity index (χ1v) is 7.47. The quantitative estimate of drug-likeness (QED) is 0.845. The Bertz CT molecular complexity index is 641. The maximum atomic E-state index is 4.19. The van der Waals surface area contributed by atoms with Crippen LogP contribution in [0.3, 0.4) is 0 Å². The highest BCUT2D eigenvalue weighted by molar-refractivity contribution is 5.78. The summed E-state index contributed by atoms with van der Waals surface area (Å²) >= 11 is 0. The Labute approximate surface area is 126 Å². The van der Waals surface area contributed by atoms with Crippen LogP contribution in [0.5, 0.6) is 0 Å². The Balaban J connectivity index is 1.97. The van der Waals surface area contributed by atoms with Crippen molar-refractivity contribution in [1.29, 1.82) is 0 Å². The molecule has 0 bridgehead atoms. The lowest BCUT2D eigenvalue weighted by Crippen LogP contribution is -2.15. The molecule has 0 saturated heterocycles. The zero-order chi connectivity index (χ0) is 14.8. The fraction of sp³-hybridized carbons (Fsp3) is 0.412. The number of rotatable bonds is 5. The number of hydrogen-bond acceptors (Lipinski definition) is 3. The van der Waals surface area contributed by atoms with E-state index in [9.17, 15) is 0 Å². The topological polar surface area (TPSA) is 34.0 Å². The van der Waals surface area contributed by atoms with Crippen molar-refractivity contribution in [3.8, 4) is 0 Å². The predicted molar refractivity (Wildman–Crippen MR) is 85.0 cm³/mol. The zero-order valence-electron chi connectivity index (χ0n) is 13.0. The van der Waals surface area contributed by atoms with Gasteiger partial charge in [-0.25, -0.2) is 4.68 Å². The molecule has 1 aliphatic rings. The molecule has 0 radical (unpaired) electrons. The van der Waals surface area contributed by atoms with Gasteiger partial charge in [-0.05, 0) is 50.6 Å². The minimum atomic E-state index is 0.230. The van der Waals surface area contributed by atoms with Crippen LogP contribution in [0.4, 0.5) is 0 Å². The molecule has 0 fully saturated rings. The molecule has 1 heterocycles. The Morgan fingerprint density at radius 2 is 2.10 bits per heavy atom. The van der Waals surface area contributed by atoms with E-state index in [0.29, 0.717) is 0 Å². The zero-order valence-corrected chi connectivity index (χ0v) is 13.0. The van der Waals surface area contributed by atoms with Crippen molar-refractivity contribution < 1.29 is 0 Å². The van der Waals surface area contributed by atoms with E-state index in [1.165, 1.54) is 22.3 Å². The molecule has 21 heavy (non-hydrogen) atoms. The number of nitrogens with zero attached hydrogens (tertiary/aromatic N) is 4. The van der Waals surface area contributed by atoms with Crippen molar-refractivity contribution >= 4 is 5.57 Å². The van der Waals surface area contributed by atoms with Gasteiger partial charge in [0, 0.05) is 12.7 Å². The standard InChI is InChI=1S/C17H22N4/c1-13(21-11-9-18-19-21)17-15(8-10-20(2)3)12-14-6-4-5-7-16(14)17/h4-7,9,11,13H,8,10,12H2,1-3H3. The van der Waals surface area contributed by atoms with E-state index in [-0.39, 0.29) is 6.04 Å². The van der Waals surface area contributed by atoms with E-state index in [1.54, 1.807) is 6.20 Å². The summed E-state index contributed by atoms with van der Waals surface area (Å²) in [5.41, 5.74) is 5.79. The average molecular weight is 282 g/mol. The summed E-state index contributed by atoms with van der Waals surface area (Å²) < 4.78 is 1.95. The lowest BCUT2D eigenvalue weighted by Gasteiger charge is -2.18. The highest BCUT2D eigenvalue weighted by Gasteiger charge is 2.26. The molecule has 1 aliphatic carbocycles. The molecule has 4 heteroatoms. The fourth-order valence-electron chi connectivity index (χ4n) is 3.11. The summed E-state index contributed by atoms with van der Waals surface area (Å²) in [6.07, 6.45) is 5.87. The van der Waals surface area contributed by atoms with Crippen LogP contribution in [-0.4, -0.2) is 40.5 Å². The van der Waals surface area contributed by atoms with Gasteiger partial charge in [0.2, 0.25) is 0 Å². The van der Waals surface area contributed by atoms with Crippen molar-refractivity contribution in [3.63, 3.8) is 0 Å². The first kappa shape index (κ1) is 14.0. The van der Waals surface area contributed by atoms with E-state index in [0.717, 1.165) is 19.4 Å². The van der Waals surface area contributed by atoms with Crippen LogP contribution in [0.25, 0.3) is 5.57 Å². The molecule has 110 valence electrons. The summed E-state index contributed by atoms with van der Waals surface area (Å²) in [7, 11) is 4.26. The van der Waals surface area contributed by atoms with Crippen LogP contribution in [0.1, 0.15) is 30.5 Å². The summed E-state index contributed by atoms with van der Waals surface area (Å²) in [6.45, 7) is 3.29. The maximum Gasteiger partial charge on any atom is 0.0763 e. The van der Waals surface area contributed by atoms with Gasteiger partial charge in [-0.2, -0.15) is 0 Å². The normalized spacial score (nSPS) is 15.6. The number of fused-ring (bicyclic) bond motifs is 1. The Hall–Kier alpha value is -1.94. The molecular formula is C17H22N4. The van der Waals surface area contributed by atoms with Crippen LogP contribution in [0.2, 0.25) is 0 Å². The Kier molecular flexibility index (Phi) is 3.88. The third-order valence-electron chi connectivity index (χ3n) is 4.21. The number of aromatic nitrogens is 3. The van der Waals surface area contributed by atoms with Crippen LogP contribution in [0.15, 0.2) is 42.2 Å². The minimum Gasteiger partial charge on any atom is -0.309 e. The van der Waals surface area contributed by atoms with Gasteiger partial charge in [-0.15, -0.1) is 5.10 Å². The van der Waals surface area contributed by atoms with Crippen LogP contribution in [0, 0.1) is 0 Å². The van der Waals surface area contributed by atoms with Gasteiger partial charge in [-0.3, -0.25) is 0 Å². The average Bonchev–Trinajstić information content (AvgIpc) is 3.11. The molecule has 1 aromatic heterocycles. The van der Waals surface area contributed by atoms with Gasteiger partial charge in [-0.1, -0.05) is 35.1 Å². The lowest BCUT2D eigenvalue weighted by molar-refractivity contribution is 0.412. The van der Waals surface area contributed by atoms with Gasteiger partial charge < -0.3 is 4.90 Å². The fourth-order valence-corrected chi connectivity index (χ4v) is 3.11. The largest absolute Gasteiger partial charge is 0.309 e. The van der Waals surface area contributed by atoms with Gasteiger partial charge in [0.1, 0.15) is 0 Å². The molecule has 0 N–H and O–H groups in total. The molecule has 0 aliphatic heterocycles. The molecular weight excluding hydrogens is 260 g/mol. The highest BCUT2D eigenvalue weighted by atomic mass is 15.4. The number of hydrogen-bond donors (Lipinski definition) is 0. The second-order valence-electron chi connectivity index (χ2n) is 5.96. The van der Waals surface area contributed by atoms with Crippen molar-refractivity contribution in [2.24, 2.45) is 0 Å². The van der Waals surface area contributed by atoms with E-state index >= 15 is 0 Å². The highest BCUT2D eigenvalue weighted by Crippen LogP contribution is 2.40. The van der Waals surface area contributed by atoms with E-state index in [1.807, 2.05) is 10.9 Å². The van der Waals surface area contributed by atoms with Crippen LogP contribution in [-0.2, 0) is 6.42 Å². The van der Waals surface area contributed by atoms with Gasteiger partial charge in [0.05, 0.1) is 12.2 Å². The first-order valence-electron chi connectivity index (χ1n) is 7.47. The molecule has 1 aromatic carbocycles. The predicted octanol–water partition coefficient (Wildman–Crippen LogP) is 2.80. The van der Waals surface area contributed by atoms with E-state index in [4.69, 9.17) is 0 Å². The molecule has 1 unspecified atom stereocenters. The van der Waals surface area contributed by atoms with E-state index < -0.39 is 0 Å². The van der Waals surface area contributed by atoms with Crippen LogP contribution >= 0.6 is 0 Å². The van der Waals surface area contributed by atoms with Gasteiger partial charge in [0.15, 0.2) is 0 Å². The monoisotopic (exact) mass is 282 g/mol. The number of allylic oxidation sites excluding steroid dienone is 1. The SMILES string of the molecule is CC(C1=C(CCN(C)C)Cc2ccccc21)n1ccnn1. The first-order chi connectivity index (χ1) is 10.2. The molecule has 4 nitrogen and oxygen atoms in total. The van der Waals surface area contributed by atoms with Crippen molar-refractivity contribution in [1.82, 2.24) is 19.9 Å². The Morgan fingerprint density at radius 3 is 2.81 bits per heavy atom. The molecule has 0 amide bonds. The third-order valence-corrected chi connectivity index (χ3v) is 4.21. The lowest BCUT2D eigenvalue weighted by atomic mass is 9.98. The van der Waals surface area contributed by atoms with Gasteiger partial charge in [0.25, 0.3) is 0 Å². The summed E-state index contributed by atoms with van der Waals surface area (Å²) in [6, 6.07) is 8.97. The summed E-state index contributed by atoms with van der Waals surface area (Å²) in [5, 5.41) is 8.14. The minimum absolute atomic E-state index is 0.230. The summed E-state index contributed by atoms with van der Waals surface area (Å²) in [5.74, 6) is 0.